The zero-order chi connectivity index (χ0) is 15.5. The van der Waals surface area contributed by atoms with Gasteiger partial charge in [-0.1, -0.05) is 0 Å². The smallest absolute Gasteiger partial charge is 0.291 e. The largest absolute Gasteiger partial charge is 0.494 e. The van der Waals surface area contributed by atoms with E-state index in [1.54, 1.807) is 18.2 Å². The van der Waals surface area contributed by atoms with Gasteiger partial charge >= 0.3 is 0 Å². The molecule has 22 heavy (non-hydrogen) atoms. The maximum atomic E-state index is 12.2. The van der Waals surface area contributed by atoms with E-state index in [9.17, 15) is 4.79 Å². The molecule has 0 radical (unpaired) electrons. The molecule has 0 atom stereocenters. The molecular weight excluding hydrogens is 280 g/mol. The number of carbonyl (C=O) groups excluding carboxylic acids is 1. The van der Waals surface area contributed by atoms with Crippen LogP contribution < -0.4 is 10.1 Å². The second-order valence-electron chi connectivity index (χ2n) is 4.86. The second kappa shape index (κ2) is 5.89. The van der Waals surface area contributed by atoms with Gasteiger partial charge in [0.15, 0.2) is 11.3 Å². The van der Waals surface area contributed by atoms with Gasteiger partial charge in [-0.15, -0.1) is 0 Å². The summed E-state index contributed by atoms with van der Waals surface area (Å²) in [6.45, 7) is 4.43. The molecule has 3 rings (SSSR count). The van der Waals surface area contributed by atoms with Crippen LogP contribution in [0.5, 0.6) is 5.75 Å². The number of anilines is 1. The maximum Gasteiger partial charge on any atom is 0.291 e. The molecule has 112 valence electrons. The van der Waals surface area contributed by atoms with Crippen LogP contribution in [-0.2, 0) is 0 Å². The van der Waals surface area contributed by atoms with Crippen LogP contribution in [-0.4, -0.2) is 17.5 Å². The van der Waals surface area contributed by atoms with Crippen molar-refractivity contribution in [3.8, 4) is 5.75 Å². The van der Waals surface area contributed by atoms with Crippen molar-refractivity contribution in [3.05, 3.63) is 53.9 Å². The summed E-state index contributed by atoms with van der Waals surface area (Å²) in [7, 11) is 0. The van der Waals surface area contributed by atoms with Gasteiger partial charge in [0.05, 0.1) is 6.61 Å². The summed E-state index contributed by atoms with van der Waals surface area (Å²) in [5.41, 5.74) is 2.84. The van der Waals surface area contributed by atoms with Crippen molar-refractivity contribution in [1.29, 1.82) is 0 Å². The molecule has 2 aromatic heterocycles. The van der Waals surface area contributed by atoms with Gasteiger partial charge in [-0.2, -0.15) is 0 Å². The first-order valence-electron chi connectivity index (χ1n) is 7.07. The lowest BCUT2D eigenvalue weighted by Crippen LogP contribution is -2.10. The van der Waals surface area contributed by atoms with E-state index in [0.29, 0.717) is 23.4 Å². The highest BCUT2D eigenvalue weighted by molar-refractivity contribution is 6.04. The fourth-order valence-corrected chi connectivity index (χ4v) is 2.13. The molecule has 0 aliphatic rings. The van der Waals surface area contributed by atoms with E-state index >= 15 is 0 Å². The topological polar surface area (TPSA) is 64.4 Å². The number of benzene rings is 1. The molecular formula is C17H16N2O3. The number of amides is 1. The average Bonchev–Trinajstić information content (AvgIpc) is 2.92. The van der Waals surface area contributed by atoms with Crippen LogP contribution in [0.1, 0.15) is 23.2 Å². The monoisotopic (exact) mass is 296 g/mol. The summed E-state index contributed by atoms with van der Waals surface area (Å²) in [5.74, 6) is 0.700. The molecule has 1 aromatic carbocycles. The third-order valence-electron chi connectivity index (χ3n) is 3.16. The van der Waals surface area contributed by atoms with E-state index in [1.807, 2.05) is 38.1 Å². The van der Waals surface area contributed by atoms with Crippen LogP contribution in [0.2, 0.25) is 0 Å². The first kappa shape index (κ1) is 14.1. The van der Waals surface area contributed by atoms with E-state index in [2.05, 4.69) is 10.3 Å². The average molecular weight is 296 g/mol. The van der Waals surface area contributed by atoms with Crippen molar-refractivity contribution in [3.63, 3.8) is 0 Å². The van der Waals surface area contributed by atoms with Gasteiger partial charge in [0.25, 0.3) is 5.91 Å². The Hall–Kier alpha value is -2.82. The van der Waals surface area contributed by atoms with E-state index in [0.717, 1.165) is 11.4 Å². The number of carbonyl (C=O) groups is 1. The van der Waals surface area contributed by atoms with Crippen molar-refractivity contribution in [1.82, 2.24) is 4.98 Å². The van der Waals surface area contributed by atoms with Gasteiger partial charge in [-0.3, -0.25) is 4.79 Å². The highest BCUT2D eigenvalue weighted by Crippen LogP contribution is 2.20. The molecule has 3 aromatic rings. The van der Waals surface area contributed by atoms with Crippen molar-refractivity contribution in [2.45, 2.75) is 13.8 Å². The van der Waals surface area contributed by atoms with Crippen LogP contribution in [0.3, 0.4) is 0 Å². The molecule has 2 heterocycles. The fourth-order valence-electron chi connectivity index (χ4n) is 2.13. The number of rotatable bonds is 4. The highest BCUT2D eigenvalue weighted by Gasteiger charge is 2.13. The van der Waals surface area contributed by atoms with Gasteiger partial charge in [-0.05, 0) is 50.2 Å². The number of furan rings is 1. The number of aryl methyl sites for hydroxylation is 1. The maximum absolute atomic E-state index is 12.2. The number of hydrogen-bond donors (Lipinski definition) is 1. The van der Waals surface area contributed by atoms with E-state index in [-0.39, 0.29) is 11.7 Å². The summed E-state index contributed by atoms with van der Waals surface area (Å²) >= 11 is 0. The zero-order valence-electron chi connectivity index (χ0n) is 12.4. The van der Waals surface area contributed by atoms with Gasteiger partial charge in [0.2, 0.25) is 0 Å². The highest BCUT2D eigenvalue weighted by atomic mass is 16.5. The predicted molar refractivity (Wildman–Crippen MR) is 84.3 cm³/mol. The SMILES string of the molecule is CCOc1ccc(NC(=O)c2cc3nc(C)ccc3o2)cc1. The lowest BCUT2D eigenvalue weighted by Gasteiger charge is -2.05. The van der Waals surface area contributed by atoms with Crippen LogP contribution in [0.4, 0.5) is 5.69 Å². The van der Waals surface area contributed by atoms with Gasteiger partial charge < -0.3 is 14.5 Å². The summed E-state index contributed by atoms with van der Waals surface area (Å²) < 4.78 is 10.9. The Kier molecular flexibility index (Phi) is 3.78. The number of hydrogen-bond acceptors (Lipinski definition) is 4. The number of fused-ring (bicyclic) bond motifs is 1. The Morgan fingerprint density at radius 1 is 1.23 bits per heavy atom. The first-order valence-corrected chi connectivity index (χ1v) is 7.07. The molecule has 0 spiro atoms. The number of nitrogens with one attached hydrogen (secondary N) is 1. The Morgan fingerprint density at radius 3 is 2.73 bits per heavy atom. The van der Waals surface area contributed by atoms with E-state index in [1.165, 1.54) is 0 Å². The Morgan fingerprint density at radius 2 is 2.00 bits per heavy atom. The Bertz CT molecular complexity index is 806. The second-order valence-corrected chi connectivity index (χ2v) is 4.86. The normalized spacial score (nSPS) is 10.6. The van der Waals surface area contributed by atoms with E-state index < -0.39 is 0 Å². The molecule has 0 saturated carbocycles. The summed E-state index contributed by atoms with van der Waals surface area (Å²) in [6.07, 6.45) is 0. The molecule has 0 unspecified atom stereocenters. The molecule has 5 nitrogen and oxygen atoms in total. The summed E-state index contributed by atoms with van der Waals surface area (Å²) in [6, 6.07) is 12.5. The molecule has 1 N–H and O–H groups in total. The number of aromatic nitrogens is 1. The van der Waals surface area contributed by atoms with Crippen LogP contribution >= 0.6 is 0 Å². The minimum absolute atomic E-state index is 0.238. The van der Waals surface area contributed by atoms with Crippen molar-refractivity contribution >= 4 is 22.7 Å². The third-order valence-corrected chi connectivity index (χ3v) is 3.16. The molecule has 5 heteroatoms. The number of pyridine rings is 1. The van der Waals surface area contributed by atoms with Crippen molar-refractivity contribution in [2.24, 2.45) is 0 Å². The quantitative estimate of drug-likeness (QED) is 0.795. The zero-order valence-corrected chi connectivity index (χ0v) is 12.4. The first-order chi connectivity index (χ1) is 10.7. The predicted octanol–water partition coefficient (Wildman–Crippen LogP) is 3.79. The van der Waals surface area contributed by atoms with Crippen LogP contribution in [0.25, 0.3) is 11.1 Å². The molecule has 0 bridgehead atoms. The fraction of sp³-hybridized carbons (Fsp3) is 0.176. The van der Waals surface area contributed by atoms with Gasteiger partial charge in [0.1, 0.15) is 11.3 Å². The Balaban J connectivity index is 1.77. The standard InChI is InChI=1S/C17H16N2O3/c1-3-21-13-7-5-12(6-8-13)19-17(20)16-10-14-15(22-16)9-4-11(2)18-14/h4-10H,3H2,1-2H3,(H,19,20). The molecule has 0 fully saturated rings. The lowest BCUT2D eigenvalue weighted by atomic mass is 10.3. The number of nitrogens with zero attached hydrogens (tertiary/aromatic N) is 1. The van der Waals surface area contributed by atoms with Gasteiger partial charge in [0, 0.05) is 17.4 Å². The van der Waals surface area contributed by atoms with Gasteiger partial charge in [-0.25, -0.2) is 4.98 Å². The van der Waals surface area contributed by atoms with E-state index in [4.69, 9.17) is 9.15 Å². The number of ether oxygens (including phenoxy) is 1. The summed E-state index contributed by atoms with van der Waals surface area (Å²) in [5, 5.41) is 2.79. The van der Waals surface area contributed by atoms with Crippen LogP contribution in [0, 0.1) is 6.92 Å². The molecule has 0 aliphatic carbocycles. The Labute approximate surface area is 127 Å². The molecule has 0 saturated heterocycles. The van der Waals surface area contributed by atoms with Crippen molar-refractivity contribution < 1.29 is 13.9 Å². The molecule has 0 aliphatic heterocycles. The lowest BCUT2D eigenvalue weighted by molar-refractivity contribution is 0.0998. The third kappa shape index (κ3) is 2.93. The van der Waals surface area contributed by atoms with Crippen molar-refractivity contribution in [2.75, 3.05) is 11.9 Å². The summed E-state index contributed by atoms with van der Waals surface area (Å²) in [4.78, 5) is 16.5. The minimum atomic E-state index is -0.306. The van der Waals surface area contributed by atoms with Crippen LogP contribution in [0.15, 0.2) is 46.9 Å². The molecule has 1 amide bonds. The minimum Gasteiger partial charge on any atom is -0.494 e.